The van der Waals surface area contributed by atoms with Crippen LogP contribution in [0.25, 0.3) is 0 Å². The highest BCUT2D eigenvalue weighted by Gasteiger charge is 2.13. The van der Waals surface area contributed by atoms with Crippen molar-refractivity contribution in [1.29, 1.82) is 0 Å². The zero-order valence-electron chi connectivity index (χ0n) is 14.6. The van der Waals surface area contributed by atoms with Crippen molar-refractivity contribution >= 4 is 23.5 Å². The van der Waals surface area contributed by atoms with Gasteiger partial charge in [-0.05, 0) is 26.0 Å². The van der Waals surface area contributed by atoms with E-state index in [9.17, 15) is 14.4 Å². The number of carbonyl (C=O) groups excluding carboxylic acids is 3. The number of amides is 4. The van der Waals surface area contributed by atoms with Crippen molar-refractivity contribution in [2.45, 2.75) is 33.7 Å². The van der Waals surface area contributed by atoms with Crippen molar-refractivity contribution in [3.63, 3.8) is 0 Å². The average molecular weight is 334 g/mol. The van der Waals surface area contributed by atoms with Gasteiger partial charge in [-0.1, -0.05) is 26.0 Å². The highest BCUT2D eigenvalue weighted by atomic mass is 16.2. The maximum atomic E-state index is 12.3. The van der Waals surface area contributed by atoms with E-state index >= 15 is 0 Å². The minimum absolute atomic E-state index is 0.00411. The van der Waals surface area contributed by atoms with E-state index in [4.69, 9.17) is 0 Å². The maximum Gasteiger partial charge on any atom is 0.319 e. The van der Waals surface area contributed by atoms with E-state index in [1.807, 2.05) is 13.8 Å². The summed E-state index contributed by atoms with van der Waals surface area (Å²) < 4.78 is 0. The Bertz CT molecular complexity index is 585. The van der Waals surface area contributed by atoms with Gasteiger partial charge in [0, 0.05) is 25.0 Å². The molecule has 0 aromatic heterocycles. The summed E-state index contributed by atoms with van der Waals surface area (Å²) >= 11 is 0. The van der Waals surface area contributed by atoms with Gasteiger partial charge in [0.15, 0.2) is 0 Å². The van der Waals surface area contributed by atoms with Crippen LogP contribution in [0.1, 0.15) is 38.1 Å². The number of anilines is 1. The number of rotatable bonds is 7. The topological polar surface area (TPSA) is 99.3 Å². The molecule has 1 aromatic carbocycles. The molecular formula is C17H26N4O3. The number of urea groups is 1. The Morgan fingerprint density at radius 1 is 0.958 bits per heavy atom. The average Bonchev–Trinajstić information content (AvgIpc) is 2.50. The molecule has 0 atom stereocenters. The van der Waals surface area contributed by atoms with E-state index < -0.39 is 0 Å². The molecule has 4 amide bonds. The fourth-order valence-electron chi connectivity index (χ4n) is 1.87. The first-order chi connectivity index (χ1) is 11.3. The van der Waals surface area contributed by atoms with Gasteiger partial charge in [0.05, 0.1) is 11.3 Å². The zero-order valence-corrected chi connectivity index (χ0v) is 14.6. The van der Waals surface area contributed by atoms with Gasteiger partial charge in [-0.2, -0.15) is 0 Å². The molecule has 1 rings (SSSR count). The van der Waals surface area contributed by atoms with Crippen molar-refractivity contribution in [1.82, 2.24) is 16.0 Å². The van der Waals surface area contributed by atoms with Gasteiger partial charge < -0.3 is 21.3 Å². The predicted molar refractivity (Wildman–Crippen MR) is 93.9 cm³/mol. The highest BCUT2D eigenvalue weighted by Crippen LogP contribution is 2.14. The Balaban J connectivity index is 2.58. The molecular weight excluding hydrogens is 308 g/mol. The summed E-state index contributed by atoms with van der Waals surface area (Å²) in [5.41, 5.74) is 0.797. The summed E-state index contributed by atoms with van der Waals surface area (Å²) in [6.45, 7) is 7.97. The fraction of sp³-hybridized carbons (Fsp3) is 0.471. The van der Waals surface area contributed by atoms with E-state index in [1.165, 1.54) is 0 Å². The molecule has 0 aliphatic carbocycles. The third-order valence-electron chi connectivity index (χ3n) is 3.07. The molecule has 0 aliphatic rings. The Morgan fingerprint density at radius 3 is 2.21 bits per heavy atom. The Labute approximate surface area is 142 Å². The first-order valence-electron chi connectivity index (χ1n) is 8.03. The number of hydrogen-bond acceptors (Lipinski definition) is 3. The normalized spacial score (nSPS) is 10.4. The largest absolute Gasteiger partial charge is 0.354 e. The van der Waals surface area contributed by atoms with Gasteiger partial charge in [-0.25, -0.2) is 4.79 Å². The number of nitrogens with one attached hydrogen (secondary N) is 4. The predicted octanol–water partition coefficient (Wildman–Crippen LogP) is 1.72. The lowest BCUT2D eigenvalue weighted by atomic mass is 10.1. The lowest BCUT2D eigenvalue weighted by molar-refractivity contribution is -0.123. The maximum absolute atomic E-state index is 12.3. The quantitative estimate of drug-likeness (QED) is 0.571. The minimum atomic E-state index is -0.366. The molecule has 132 valence electrons. The van der Waals surface area contributed by atoms with E-state index in [2.05, 4.69) is 21.3 Å². The third-order valence-corrected chi connectivity index (χ3v) is 3.07. The first kappa shape index (κ1) is 19.5. The van der Waals surface area contributed by atoms with Crippen molar-refractivity contribution in [2.24, 2.45) is 5.92 Å². The summed E-state index contributed by atoms with van der Waals surface area (Å²) in [5, 5.41) is 10.8. The summed E-state index contributed by atoms with van der Waals surface area (Å²) in [6.07, 6.45) is 0. The Kier molecular flexibility index (Phi) is 7.74. The zero-order chi connectivity index (χ0) is 18.1. The lowest BCUT2D eigenvalue weighted by Gasteiger charge is -2.14. The molecule has 0 saturated heterocycles. The van der Waals surface area contributed by atoms with Gasteiger partial charge >= 0.3 is 6.03 Å². The third kappa shape index (κ3) is 6.68. The van der Waals surface area contributed by atoms with Crippen LogP contribution in [0.2, 0.25) is 0 Å². The summed E-state index contributed by atoms with van der Waals surface area (Å²) in [6, 6.07) is 6.39. The van der Waals surface area contributed by atoms with Crippen molar-refractivity contribution in [3.8, 4) is 0 Å². The number of carbonyl (C=O) groups is 3. The van der Waals surface area contributed by atoms with E-state index in [1.54, 1.807) is 38.1 Å². The van der Waals surface area contributed by atoms with Crippen molar-refractivity contribution in [2.75, 3.05) is 18.4 Å². The number of para-hydroxylation sites is 1. The first-order valence-corrected chi connectivity index (χ1v) is 8.03. The molecule has 0 heterocycles. The van der Waals surface area contributed by atoms with Gasteiger partial charge in [0.25, 0.3) is 5.91 Å². The minimum Gasteiger partial charge on any atom is -0.354 e. The van der Waals surface area contributed by atoms with Gasteiger partial charge in [0.1, 0.15) is 0 Å². The second-order valence-electron chi connectivity index (χ2n) is 6.00. The molecule has 0 aliphatic heterocycles. The molecule has 1 aromatic rings. The van der Waals surface area contributed by atoms with Crippen LogP contribution in [-0.2, 0) is 4.79 Å². The SMILES string of the molecule is CC(C)NC(=O)Nc1ccccc1C(=O)NCCNC(=O)C(C)C. The standard InChI is InChI=1S/C17H26N4O3/c1-11(2)15(22)18-9-10-19-16(23)13-7-5-6-8-14(13)21-17(24)20-12(3)4/h5-8,11-12H,9-10H2,1-4H3,(H,18,22)(H,19,23)(H2,20,21,24). The van der Waals surface area contributed by atoms with Crippen molar-refractivity contribution in [3.05, 3.63) is 29.8 Å². The molecule has 7 nitrogen and oxygen atoms in total. The van der Waals surface area contributed by atoms with Crippen LogP contribution in [0.15, 0.2) is 24.3 Å². The molecule has 24 heavy (non-hydrogen) atoms. The second kappa shape index (κ2) is 9.54. The van der Waals surface area contributed by atoms with E-state index in [0.717, 1.165) is 0 Å². The van der Waals surface area contributed by atoms with Crippen LogP contribution in [0.4, 0.5) is 10.5 Å². The van der Waals surface area contributed by atoms with Crippen LogP contribution in [-0.4, -0.2) is 37.0 Å². The molecule has 0 fully saturated rings. The molecule has 7 heteroatoms. The van der Waals surface area contributed by atoms with Crippen LogP contribution in [0, 0.1) is 5.92 Å². The highest BCUT2D eigenvalue weighted by molar-refractivity contribution is 6.03. The number of hydrogen-bond donors (Lipinski definition) is 4. The Hall–Kier alpha value is -2.57. The second-order valence-corrected chi connectivity index (χ2v) is 6.00. The smallest absolute Gasteiger partial charge is 0.319 e. The van der Waals surface area contributed by atoms with Gasteiger partial charge in [0.2, 0.25) is 5.91 Å². The number of benzene rings is 1. The summed E-state index contributed by atoms with van der Waals surface area (Å²) in [4.78, 5) is 35.5. The van der Waals surface area contributed by atoms with E-state index in [0.29, 0.717) is 24.3 Å². The summed E-state index contributed by atoms with van der Waals surface area (Å²) in [5.74, 6) is -0.462. The monoisotopic (exact) mass is 334 g/mol. The lowest BCUT2D eigenvalue weighted by Crippen LogP contribution is -2.37. The Morgan fingerprint density at radius 2 is 1.58 bits per heavy atom. The molecule has 0 spiro atoms. The fourth-order valence-corrected chi connectivity index (χ4v) is 1.87. The van der Waals surface area contributed by atoms with E-state index in [-0.39, 0.29) is 29.8 Å². The van der Waals surface area contributed by atoms with Crippen LogP contribution in [0.5, 0.6) is 0 Å². The van der Waals surface area contributed by atoms with Gasteiger partial charge in [-0.15, -0.1) is 0 Å². The van der Waals surface area contributed by atoms with Crippen LogP contribution >= 0.6 is 0 Å². The van der Waals surface area contributed by atoms with Crippen LogP contribution in [0.3, 0.4) is 0 Å². The molecule has 4 N–H and O–H groups in total. The molecule has 0 unspecified atom stereocenters. The van der Waals surface area contributed by atoms with Crippen LogP contribution < -0.4 is 21.3 Å². The van der Waals surface area contributed by atoms with Crippen molar-refractivity contribution < 1.29 is 14.4 Å². The van der Waals surface area contributed by atoms with Gasteiger partial charge in [-0.3, -0.25) is 9.59 Å². The summed E-state index contributed by atoms with van der Waals surface area (Å²) in [7, 11) is 0. The molecule has 0 bridgehead atoms. The molecule has 0 radical (unpaired) electrons. The molecule has 0 saturated carbocycles.